The van der Waals surface area contributed by atoms with Gasteiger partial charge in [-0.25, -0.2) is 9.78 Å². The van der Waals surface area contributed by atoms with Crippen LogP contribution in [-0.2, 0) is 27.1 Å². The third-order valence-electron chi connectivity index (χ3n) is 7.79. The lowest BCUT2D eigenvalue weighted by atomic mass is 9.94. The Morgan fingerprint density at radius 1 is 1.06 bits per heavy atom. The Kier molecular flexibility index (Phi) is 10.4. The van der Waals surface area contributed by atoms with Crippen LogP contribution in [0.25, 0.3) is 0 Å². The highest BCUT2D eigenvalue weighted by Gasteiger charge is 2.38. The number of thiazole rings is 1. The maximum absolute atomic E-state index is 12.7. The third kappa shape index (κ3) is 8.78. The summed E-state index contributed by atoms with van der Waals surface area (Å²) in [4.78, 5) is 44.1. The molecule has 3 aliphatic rings. The summed E-state index contributed by atoms with van der Waals surface area (Å²) in [6, 6.07) is 16.1. The number of carbonyl (C=O) groups is 3. The summed E-state index contributed by atoms with van der Waals surface area (Å²) in [6.07, 6.45) is -3.56. The molecular weight excluding hydrogens is 639 g/mol. The number of hydrogen-bond donors (Lipinski definition) is 3. The van der Waals surface area contributed by atoms with Crippen LogP contribution in [-0.4, -0.2) is 96.6 Å². The van der Waals surface area contributed by atoms with E-state index >= 15 is 0 Å². The van der Waals surface area contributed by atoms with Crippen molar-refractivity contribution in [1.29, 1.82) is 0 Å². The molecular formula is C32H36F3N5O6S. The van der Waals surface area contributed by atoms with Crippen LogP contribution in [0.2, 0.25) is 0 Å². The van der Waals surface area contributed by atoms with Gasteiger partial charge in [-0.1, -0.05) is 23.5 Å². The van der Waals surface area contributed by atoms with E-state index in [1.165, 1.54) is 16.9 Å². The molecule has 1 atom stereocenters. The summed E-state index contributed by atoms with van der Waals surface area (Å²) in [5.74, 6) is -2.74. The molecule has 47 heavy (non-hydrogen) atoms. The monoisotopic (exact) mass is 675 g/mol. The highest BCUT2D eigenvalue weighted by Crippen LogP contribution is 2.34. The van der Waals surface area contributed by atoms with Crippen LogP contribution in [0.3, 0.4) is 0 Å². The number of hydrogen-bond acceptors (Lipinski definition) is 9. The lowest BCUT2D eigenvalue weighted by molar-refractivity contribution is -0.192. The fourth-order valence-corrected chi connectivity index (χ4v) is 6.60. The Bertz CT molecular complexity index is 1590. The average molecular weight is 676 g/mol. The van der Waals surface area contributed by atoms with Gasteiger partial charge in [-0.15, -0.1) is 0 Å². The van der Waals surface area contributed by atoms with E-state index in [1.807, 2.05) is 49.1 Å². The summed E-state index contributed by atoms with van der Waals surface area (Å²) in [5.41, 5.74) is 4.38. The summed E-state index contributed by atoms with van der Waals surface area (Å²) >= 11 is 1.48. The molecule has 0 bridgehead atoms. The summed E-state index contributed by atoms with van der Waals surface area (Å²) < 4.78 is 43.0. The standard InChI is InChI=1S/C30H35N5O4S.C2HF3O2/c1-30(2)18-25-26(27(36)33-30)40-29(32-25)35-12-15-39-19-24(35)17-20-4-3-5-23(16-20)31-22-8-6-21(7-9-22)28(37)34-10-13-38-14-11-34;3-2(4,5)1(6)7/h3-9,16,24,31H,10-15,17-19H2,1-2H3,(H,33,36);(H,6,7). The molecule has 2 fully saturated rings. The molecule has 0 radical (unpaired) electrons. The van der Waals surface area contributed by atoms with Gasteiger partial charge in [0.2, 0.25) is 0 Å². The van der Waals surface area contributed by atoms with Gasteiger partial charge in [0.05, 0.1) is 38.2 Å². The van der Waals surface area contributed by atoms with E-state index in [2.05, 4.69) is 33.7 Å². The first-order chi connectivity index (χ1) is 22.3. The molecule has 2 saturated heterocycles. The largest absolute Gasteiger partial charge is 0.490 e. The molecule has 6 rings (SSSR count). The topological polar surface area (TPSA) is 133 Å². The number of aliphatic carboxylic acids is 1. The predicted molar refractivity (Wildman–Crippen MR) is 170 cm³/mol. The van der Waals surface area contributed by atoms with Crippen LogP contribution in [0, 0.1) is 0 Å². The molecule has 252 valence electrons. The van der Waals surface area contributed by atoms with E-state index in [0.29, 0.717) is 45.1 Å². The van der Waals surface area contributed by atoms with E-state index in [0.717, 1.165) is 46.5 Å². The van der Waals surface area contributed by atoms with Crippen LogP contribution < -0.4 is 15.5 Å². The minimum Gasteiger partial charge on any atom is -0.475 e. The minimum absolute atomic E-state index is 0.0305. The number of halogens is 3. The second-order valence-electron chi connectivity index (χ2n) is 12.0. The van der Waals surface area contributed by atoms with E-state index < -0.39 is 12.1 Å². The van der Waals surface area contributed by atoms with Gasteiger partial charge >= 0.3 is 12.1 Å². The lowest BCUT2D eigenvalue weighted by Crippen LogP contribution is -2.48. The number of anilines is 3. The van der Waals surface area contributed by atoms with Gasteiger partial charge in [0.1, 0.15) is 4.88 Å². The fourth-order valence-electron chi connectivity index (χ4n) is 5.52. The first-order valence-electron chi connectivity index (χ1n) is 15.1. The Morgan fingerprint density at radius 3 is 2.43 bits per heavy atom. The van der Waals surface area contributed by atoms with E-state index in [4.69, 9.17) is 24.4 Å². The van der Waals surface area contributed by atoms with Crippen molar-refractivity contribution >= 4 is 45.6 Å². The molecule has 3 aliphatic heterocycles. The van der Waals surface area contributed by atoms with Gasteiger partial charge in [-0.2, -0.15) is 13.2 Å². The van der Waals surface area contributed by atoms with Crippen LogP contribution in [0.1, 0.15) is 45.1 Å². The van der Waals surface area contributed by atoms with Crippen molar-refractivity contribution in [3.63, 3.8) is 0 Å². The second-order valence-corrected chi connectivity index (χ2v) is 13.0. The Labute approximate surface area is 273 Å². The van der Waals surface area contributed by atoms with E-state index in [9.17, 15) is 22.8 Å². The highest BCUT2D eigenvalue weighted by molar-refractivity contribution is 7.17. The summed E-state index contributed by atoms with van der Waals surface area (Å²) in [6.45, 7) is 8.51. The Balaban J connectivity index is 0.000000559. The molecule has 0 spiro atoms. The number of nitrogens with one attached hydrogen (secondary N) is 2. The van der Waals surface area contributed by atoms with Gasteiger partial charge in [0.15, 0.2) is 5.13 Å². The number of fused-ring (bicyclic) bond motifs is 1. The second kappa shape index (κ2) is 14.3. The van der Waals surface area contributed by atoms with Crippen LogP contribution >= 0.6 is 11.3 Å². The van der Waals surface area contributed by atoms with E-state index in [1.54, 1.807) is 0 Å². The zero-order chi connectivity index (χ0) is 33.8. The average Bonchev–Trinajstić information content (AvgIpc) is 3.45. The first-order valence-corrected chi connectivity index (χ1v) is 15.9. The molecule has 4 heterocycles. The number of ether oxygens (including phenoxy) is 2. The van der Waals surface area contributed by atoms with Crippen molar-refractivity contribution in [2.45, 2.75) is 44.4 Å². The number of carbonyl (C=O) groups excluding carboxylic acids is 2. The number of carboxylic acids is 1. The number of benzene rings is 2. The predicted octanol–water partition coefficient (Wildman–Crippen LogP) is 4.50. The number of nitrogens with zero attached hydrogens (tertiary/aromatic N) is 3. The quantitative estimate of drug-likeness (QED) is 0.345. The van der Waals surface area contributed by atoms with Crippen molar-refractivity contribution in [2.24, 2.45) is 0 Å². The highest BCUT2D eigenvalue weighted by atomic mass is 32.1. The summed E-state index contributed by atoms with van der Waals surface area (Å²) in [7, 11) is 0. The van der Waals surface area contributed by atoms with Crippen molar-refractivity contribution in [2.75, 3.05) is 56.3 Å². The summed E-state index contributed by atoms with van der Waals surface area (Å²) in [5, 5.41) is 14.6. The number of amides is 2. The number of morpholine rings is 2. The van der Waals surface area contributed by atoms with Gasteiger partial charge in [-0.05, 0) is 62.2 Å². The maximum Gasteiger partial charge on any atom is 0.490 e. The lowest BCUT2D eigenvalue weighted by Gasteiger charge is -2.35. The smallest absolute Gasteiger partial charge is 0.475 e. The molecule has 0 aliphatic carbocycles. The van der Waals surface area contributed by atoms with Crippen LogP contribution in [0.5, 0.6) is 0 Å². The number of aromatic nitrogens is 1. The minimum atomic E-state index is -5.08. The number of alkyl halides is 3. The van der Waals surface area contributed by atoms with Crippen LogP contribution in [0.15, 0.2) is 48.5 Å². The molecule has 3 aromatic rings. The molecule has 11 nitrogen and oxygen atoms in total. The van der Waals surface area contributed by atoms with Gasteiger partial charge in [-0.3, -0.25) is 9.59 Å². The Hall–Kier alpha value is -4.21. The van der Waals surface area contributed by atoms with Crippen LogP contribution in [0.4, 0.5) is 29.7 Å². The molecule has 3 N–H and O–H groups in total. The van der Waals surface area contributed by atoms with Crippen molar-refractivity contribution in [3.8, 4) is 0 Å². The molecule has 2 aromatic carbocycles. The molecule has 15 heteroatoms. The first kappa shape index (κ1) is 34.1. The van der Waals surface area contributed by atoms with Crippen molar-refractivity contribution < 1.29 is 42.1 Å². The van der Waals surface area contributed by atoms with Gasteiger partial charge in [0, 0.05) is 48.5 Å². The molecule has 1 unspecified atom stereocenters. The van der Waals surface area contributed by atoms with E-state index in [-0.39, 0.29) is 23.4 Å². The van der Waals surface area contributed by atoms with Crippen molar-refractivity contribution in [1.82, 2.24) is 15.2 Å². The van der Waals surface area contributed by atoms with Crippen molar-refractivity contribution in [3.05, 3.63) is 70.2 Å². The zero-order valence-electron chi connectivity index (χ0n) is 25.9. The maximum atomic E-state index is 12.7. The molecule has 1 aromatic heterocycles. The molecule has 2 amide bonds. The Morgan fingerprint density at radius 2 is 1.74 bits per heavy atom. The number of rotatable bonds is 6. The molecule has 0 saturated carbocycles. The fraction of sp³-hybridized carbons (Fsp3) is 0.438. The SMILES string of the molecule is CC1(C)Cc2nc(N3CCOCC3Cc3cccc(Nc4ccc(C(=O)N5CCOCC5)cc4)c3)sc2C(=O)N1.O=C(O)C(F)(F)F. The van der Waals surface area contributed by atoms with Gasteiger partial charge < -0.3 is 35.0 Å². The normalized spacial score (nSPS) is 19.2. The third-order valence-corrected chi connectivity index (χ3v) is 8.92. The van der Waals surface area contributed by atoms with Gasteiger partial charge in [0.25, 0.3) is 11.8 Å². The zero-order valence-corrected chi connectivity index (χ0v) is 26.7. The number of carboxylic acid groups (broad SMARTS) is 1.